The molecule has 0 aliphatic carbocycles. The fraction of sp³-hybridized carbons (Fsp3) is 0.231. The van der Waals surface area contributed by atoms with E-state index >= 15 is 0 Å². The third kappa shape index (κ3) is 9.22. The molecule has 6 aromatic rings. The van der Waals surface area contributed by atoms with E-state index in [1.165, 1.54) is 48.5 Å². The second-order valence-corrected chi connectivity index (χ2v) is 17.2. The molecule has 4 heterocycles. The number of phenols is 2. The fourth-order valence-electron chi connectivity index (χ4n) is 9.23. The molecule has 2 saturated heterocycles. The van der Waals surface area contributed by atoms with E-state index in [0.717, 1.165) is 0 Å². The number of rotatable bonds is 11. The number of aliphatic hydroxyl groups excluding tert-OH is 5. The molecule has 6 aromatic carbocycles. The molecule has 10 rings (SSSR count). The zero-order valence-corrected chi connectivity index (χ0v) is 38.1. The van der Waals surface area contributed by atoms with Gasteiger partial charge in [0.05, 0.1) is 11.1 Å². The molecule has 12 atom stereocenters. The average Bonchev–Trinajstić information content (AvgIpc) is 3.87. The Kier molecular flexibility index (Phi) is 14.7. The summed E-state index contributed by atoms with van der Waals surface area (Å²) in [5.74, 6) is -3.69. The molecule has 2 fully saturated rings. The van der Waals surface area contributed by atoms with Crippen molar-refractivity contribution in [2.75, 3.05) is 0 Å². The third-order valence-corrected chi connectivity index (χ3v) is 12.8. The van der Waals surface area contributed by atoms with E-state index < -0.39 is 96.5 Å². The summed E-state index contributed by atoms with van der Waals surface area (Å²) in [4.78, 5) is 52.4. The maximum Gasteiger partial charge on any atom is 0.340 e. The topological polar surface area (TPSA) is 367 Å². The van der Waals surface area contributed by atoms with Crippen LogP contribution in [0, 0.1) is 0 Å². The van der Waals surface area contributed by atoms with E-state index in [2.05, 4.69) is 4.89 Å². The fourth-order valence-corrected chi connectivity index (χ4v) is 9.23. The van der Waals surface area contributed by atoms with Gasteiger partial charge in [0.15, 0.2) is 29.5 Å². The lowest BCUT2D eigenvalue weighted by atomic mass is 9.80. The summed E-state index contributed by atoms with van der Waals surface area (Å²) >= 11 is 0. The van der Waals surface area contributed by atoms with Gasteiger partial charge in [0.25, 0.3) is 0 Å². The molecule has 386 valence electrons. The second-order valence-electron chi connectivity index (χ2n) is 17.2. The minimum Gasteiger partial charge on any atom is -0.508 e. The van der Waals surface area contributed by atoms with E-state index in [4.69, 9.17) is 33.7 Å². The quantitative estimate of drug-likeness (QED) is 0.0503. The second kappa shape index (κ2) is 20.9. The first-order valence-electron chi connectivity index (χ1n) is 22.2. The van der Waals surface area contributed by atoms with Crippen molar-refractivity contribution in [2.24, 2.45) is 0 Å². The highest BCUT2D eigenvalue weighted by atomic mass is 17.1. The normalized spacial score (nSPS) is 28.7. The van der Waals surface area contributed by atoms with Crippen LogP contribution in [-0.4, -0.2) is 142 Å². The van der Waals surface area contributed by atoms with Crippen molar-refractivity contribution in [1.82, 2.24) is 0 Å². The Morgan fingerprint density at radius 1 is 0.459 bits per heavy atom. The van der Waals surface area contributed by atoms with Gasteiger partial charge in [-0.25, -0.2) is 24.1 Å². The molecule has 4 aliphatic heterocycles. The van der Waals surface area contributed by atoms with E-state index in [0.29, 0.717) is 44.5 Å². The van der Waals surface area contributed by atoms with Gasteiger partial charge in [-0.15, -0.1) is 0 Å². The highest BCUT2D eigenvalue weighted by Crippen LogP contribution is 2.49. The SMILES string of the molecule is O.O=C1OC(c2ccc(O)cc2)(c2ccc(O[C@@H]3O[C@H](C(=O)O)[C@@H](O)[C@H](O)[C@H]3O)cc2)c2ccccc21.O=C1OC(c2ccc(O)cc2)(c2ccc(O[C@@H]3O[C@H](C(=O)O)[C@@H](O)[C@H](OO)[C@H]3O)cc2)c2ccccc21. The standard InChI is InChI=1S/C26H22O11.C26H22O10.H2O/c27-15-9-5-13(6-10-15)26(18-4-2-1-3-17(18)24(32)36-26)14-7-11-16(12-8-14)34-25-20(29)21(37-33)19(28)22(35-25)23(30)31;27-15-9-5-13(6-10-15)26(18-4-2-1-3-17(18)24(33)36-26)14-7-11-16(12-8-14)34-25-21(30)19(28)20(29)22(35-25)23(31)32;/h1-12,19-22,25,27-29,33H,(H,30,31);1-12,19-22,25,27-30H,(H,31,32);1H2/t19-,20+,21-,22-,25+,26?;19-,20-,21+,22-,25+,26?;/m00./s1. The molecular formula is C52H46O22. The number of carboxylic acids is 2. The Bertz CT molecular complexity index is 3000. The number of phenolic OH excluding ortho intramolecular Hbond substituents is 2. The van der Waals surface area contributed by atoms with E-state index in [9.17, 15) is 65.1 Å². The molecule has 0 radical (unpaired) electrons. The number of aromatic hydroxyl groups is 2. The van der Waals surface area contributed by atoms with Gasteiger partial charge in [-0.3, -0.25) is 5.26 Å². The summed E-state index contributed by atoms with van der Waals surface area (Å²) in [6, 6.07) is 39.0. The summed E-state index contributed by atoms with van der Waals surface area (Å²) < 4.78 is 33.5. The Hall–Kier alpha value is -8.00. The molecule has 0 spiro atoms. The number of carbonyl (C=O) groups excluding carboxylic acids is 2. The van der Waals surface area contributed by atoms with Crippen LogP contribution in [0.2, 0.25) is 0 Å². The Labute approximate surface area is 417 Å². The maximum atomic E-state index is 12.8. The average molecular weight is 1020 g/mol. The van der Waals surface area contributed by atoms with Gasteiger partial charge in [0.1, 0.15) is 53.5 Å². The van der Waals surface area contributed by atoms with E-state index in [1.54, 1.807) is 97.1 Å². The lowest BCUT2D eigenvalue weighted by Crippen LogP contribution is -2.61. The maximum absolute atomic E-state index is 12.8. The lowest BCUT2D eigenvalue weighted by Gasteiger charge is -2.39. The van der Waals surface area contributed by atoms with Crippen LogP contribution < -0.4 is 9.47 Å². The molecular weight excluding hydrogens is 977 g/mol. The van der Waals surface area contributed by atoms with Crippen molar-refractivity contribution >= 4 is 23.9 Å². The van der Waals surface area contributed by atoms with Crippen molar-refractivity contribution in [1.29, 1.82) is 0 Å². The van der Waals surface area contributed by atoms with Gasteiger partial charge in [-0.1, -0.05) is 84.9 Å². The van der Waals surface area contributed by atoms with Crippen molar-refractivity contribution in [2.45, 2.75) is 72.6 Å². The van der Waals surface area contributed by atoms with Gasteiger partial charge in [-0.2, -0.15) is 0 Å². The number of esters is 2. The first-order valence-corrected chi connectivity index (χ1v) is 22.2. The Morgan fingerprint density at radius 3 is 1.19 bits per heavy atom. The third-order valence-electron chi connectivity index (χ3n) is 12.8. The van der Waals surface area contributed by atoms with E-state index in [-0.39, 0.29) is 28.5 Å². The monoisotopic (exact) mass is 1020 g/mol. The van der Waals surface area contributed by atoms with Crippen LogP contribution in [0.25, 0.3) is 0 Å². The number of carboxylic acid groups (broad SMARTS) is 2. The van der Waals surface area contributed by atoms with Gasteiger partial charge in [-0.05, 0) is 60.7 Å². The van der Waals surface area contributed by atoms with Crippen LogP contribution in [0.4, 0.5) is 0 Å². The molecule has 0 amide bonds. The minimum atomic E-state index is -1.85. The molecule has 22 nitrogen and oxygen atoms in total. The largest absolute Gasteiger partial charge is 0.508 e. The molecule has 0 aromatic heterocycles. The zero-order valence-electron chi connectivity index (χ0n) is 38.1. The van der Waals surface area contributed by atoms with Crippen molar-refractivity contribution < 1.29 is 109 Å². The first-order chi connectivity index (χ1) is 35.0. The first kappa shape index (κ1) is 52.3. The number of aliphatic carboxylic acids is 2. The van der Waals surface area contributed by atoms with Gasteiger partial charge in [0.2, 0.25) is 12.6 Å². The summed E-state index contributed by atoms with van der Waals surface area (Å²) in [5.41, 5.74) is 1.66. The predicted molar refractivity (Wildman–Crippen MR) is 248 cm³/mol. The Balaban J connectivity index is 0.000000194. The summed E-state index contributed by atoms with van der Waals surface area (Å²) in [5, 5.41) is 97.6. The molecule has 0 saturated carbocycles. The molecule has 2 unspecified atom stereocenters. The number of aliphatic hydroxyl groups is 5. The number of ether oxygens (including phenoxy) is 6. The van der Waals surface area contributed by atoms with E-state index in [1.807, 2.05) is 0 Å². The minimum absolute atomic E-state index is 0. The highest BCUT2D eigenvalue weighted by molar-refractivity contribution is 5.97. The number of cyclic esters (lactones) is 2. The van der Waals surface area contributed by atoms with Gasteiger partial charge in [0, 0.05) is 33.4 Å². The van der Waals surface area contributed by atoms with Crippen LogP contribution in [-0.2, 0) is 44.6 Å². The molecule has 4 aliphatic rings. The van der Waals surface area contributed by atoms with Crippen LogP contribution in [0.15, 0.2) is 146 Å². The van der Waals surface area contributed by atoms with Crippen molar-refractivity contribution in [3.05, 3.63) is 190 Å². The number of carbonyl (C=O) groups is 4. The zero-order chi connectivity index (χ0) is 51.9. The molecule has 74 heavy (non-hydrogen) atoms. The van der Waals surface area contributed by atoms with Crippen LogP contribution in [0.5, 0.6) is 23.0 Å². The highest BCUT2D eigenvalue weighted by Gasteiger charge is 2.53. The van der Waals surface area contributed by atoms with Crippen LogP contribution in [0.3, 0.4) is 0 Å². The molecule has 12 N–H and O–H groups in total. The van der Waals surface area contributed by atoms with Gasteiger partial charge < -0.3 is 79.9 Å². The molecule has 0 bridgehead atoms. The number of benzene rings is 6. The number of hydrogen-bond acceptors (Lipinski definition) is 19. The number of hydrogen-bond donors (Lipinski definition) is 10. The Morgan fingerprint density at radius 2 is 0.811 bits per heavy atom. The van der Waals surface area contributed by atoms with Gasteiger partial charge >= 0.3 is 23.9 Å². The smallest absolute Gasteiger partial charge is 0.340 e. The summed E-state index contributed by atoms with van der Waals surface area (Å²) in [7, 11) is 0. The summed E-state index contributed by atoms with van der Waals surface area (Å²) in [6.07, 6.45) is -17.4. The predicted octanol–water partition coefficient (Wildman–Crippen LogP) is 1.92. The van der Waals surface area contributed by atoms with Crippen LogP contribution in [0.1, 0.15) is 54.1 Å². The molecule has 22 heteroatoms. The van der Waals surface area contributed by atoms with Crippen molar-refractivity contribution in [3.63, 3.8) is 0 Å². The summed E-state index contributed by atoms with van der Waals surface area (Å²) in [6.45, 7) is 0. The van der Waals surface area contributed by atoms with Crippen LogP contribution >= 0.6 is 0 Å². The van der Waals surface area contributed by atoms with Crippen molar-refractivity contribution in [3.8, 4) is 23.0 Å². The number of fused-ring (bicyclic) bond motifs is 2. The lowest BCUT2D eigenvalue weighted by molar-refractivity contribution is -0.363.